The first-order valence-electron chi connectivity index (χ1n) is 8.14. The Morgan fingerprint density at radius 3 is 2.87 bits per heavy atom. The van der Waals surface area contributed by atoms with Gasteiger partial charge in [-0.25, -0.2) is 9.97 Å². The van der Waals surface area contributed by atoms with Gasteiger partial charge in [-0.2, -0.15) is 0 Å². The third-order valence-corrected chi connectivity index (χ3v) is 4.11. The van der Waals surface area contributed by atoms with Crippen LogP contribution in [0.2, 0.25) is 0 Å². The Balaban J connectivity index is 1.62. The predicted molar refractivity (Wildman–Crippen MR) is 89.5 cm³/mol. The van der Waals surface area contributed by atoms with E-state index < -0.39 is 0 Å². The molecule has 2 aromatic rings. The molecular weight excluding hydrogens is 290 g/mol. The first kappa shape index (κ1) is 16.1. The van der Waals surface area contributed by atoms with Crippen molar-refractivity contribution in [2.45, 2.75) is 19.1 Å². The maximum atomic E-state index is 5.89. The number of morpholine rings is 1. The fourth-order valence-electron chi connectivity index (χ4n) is 2.89. The molecular formula is C17H25N5O. The highest BCUT2D eigenvalue weighted by Gasteiger charge is 2.21. The summed E-state index contributed by atoms with van der Waals surface area (Å²) in [6.45, 7) is 4.72. The Bertz CT molecular complexity index is 598. The Labute approximate surface area is 137 Å². The van der Waals surface area contributed by atoms with Gasteiger partial charge in [0.15, 0.2) is 0 Å². The van der Waals surface area contributed by atoms with Crippen LogP contribution in [0.1, 0.15) is 12.1 Å². The molecule has 2 aromatic heterocycles. The van der Waals surface area contributed by atoms with Crippen LogP contribution in [-0.4, -0.2) is 70.8 Å². The van der Waals surface area contributed by atoms with E-state index in [9.17, 15) is 0 Å². The molecule has 23 heavy (non-hydrogen) atoms. The number of nitrogens with zero attached hydrogens (tertiary/aromatic N) is 5. The van der Waals surface area contributed by atoms with Crippen molar-refractivity contribution in [2.24, 2.45) is 0 Å². The summed E-state index contributed by atoms with van der Waals surface area (Å²) >= 11 is 0. The molecule has 3 rings (SSSR count). The zero-order chi connectivity index (χ0) is 16.1. The van der Waals surface area contributed by atoms with Crippen molar-refractivity contribution in [1.82, 2.24) is 24.3 Å². The quantitative estimate of drug-likeness (QED) is 0.807. The average molecular weight is 315 g/mol. The first-order chi connectivity index (χ1) is 11.2. The molecule has 0 amide bonds. The van der Waals surface area contributed by atoms with Gasteiger partial charge in [-0.3, -0.25) is 9.47 Å². The lowest BCUT2D eigenvalue weighted by Crippen LogP contribution is -2.43. The van der Waals surface area contributed by atoms with Gasteiger partial charge in [0.1, 0.15) is 0 Å². The van der Waals surface area contributed by atoms with Gasteiger partial charge in [0, 0.05) is 50.5 Å². The van der Waals surface area contributed by atoms with Gasteiger partial charge in [0.2, 0.25) is 5.95 Å². The zero-order valence-corrected chi connectivity index (χ0v) is 13.9. The Kier molecular flexibility index (Phi) is 5.38. The van der Waals surface area contributed by atoms with E-state index in [1.807, 2.05) is 12.3 Å². The second kappa shape index (κ2) is 7.68. The molecule has 0 aliphatic carbocycles. The summed E-state index contributed by atoms with van der Waals surface area (Å²) in [5, 5.41) is 0. The molecule has 0 saturated carbocycles. The van der Waals surface area contributed by atoms with Gasteiger partial charge in [-0.15, -0.1) is 0 Å². The van der Waals surface area contributed by atoms with Crippen molar-refractivity contribution in [1.29, 1.82) is 0 Å². The van der Waals surface area contributed by atoms with Crippen LogP contribution < -0.4 is 0 Å². The van der Waals surface area contributed by atoms with Gasteiger partial charge >= 0.3 is 0 Å². The summed E-state index contributed by atoms with van der Waals surface area (Å²) in [5.41, 5.74) is 1.21. The van der Waals surface area contributed by atoms with Crippen molar-refractivity contribution in [3.05, 3.63) is 42.5 Å². The molecule has 0 unspecified atom stereocenters. The van der Waals surface area contributed by atoms with Crippen molar-refractivity contribution < 1.29 is 4.74 Å². The van der Waals surface area contributed by atoms with E-state index in [-0.39, 0.29) is 0 Å². The summed E-state index contributed by atoms with van der Waals surface area (Å²) in [7, 11) is 4.21. The summed E-state index contributed by atoms with van der Waals surface area (Å²) in [4.78, 5) is 13.3. The lowest BCUT2D eigenvalue weighted by molar-refractivity contribution is -0.0374. The van der Waals surface area contributed by atoms with E-state index in [0.717, 1.165) is 45.2 Å². The van der Waals surface area contributed by atoms with Crippen LogP contribution in [0.15, 0.2) is 36.8 Å². The largest absolute Gasteiger partial charge is 0.376 e. The summed E-state index contributed by atoms with van der Waals surface area (Å²) < 4.78 is 7.95. The van der Waals surface area contributed by atoms with E-state index in [0.29, 0.717) is 6.10 Å². The molecule has 0 radical (unpaired) electrons. The third kappa shape index (κ3) is 4.37. The van der Waals surface area contributed by atoms with Gasteiger partial charge in [-0.1, -0.05) is 0 Å². The highest BCUT2D eigenvalue weighted by atomic mass is 16.5. The Morgan fingerprint density at radius 1 is 1.26 bits per heavy atom. The molecule has 6 heteroatoms. The third-order valence-electron chi connectivity index (χ3n) is 4.11. The average Bonchev–Trinajstić information content (AvgIpc) is 3.02. The van der Waals surface area contributed by atoms with Crippen molar-refractivity contribution in [2.75, 3.05) is 40.3 Å². The normalized spacial score (nSPS) is 19.3. The molecule has 1 atom stereocenters. The molecule has 1 aliphatic rings. The smallest absolute Gasteiger partial charge is 0.233 e. The minimum Gasteiger partial charge on any atom is -0.376 e. The minimum absolute atomic E-state index is 0.322. The highest BCUT2D eigenvalue weighted by molar-refractivity contribution is 5.20. The van der Waals surface area contributed by atoms with Crippen LogP contribution >= 0.6 is 0 Å². The SMILES string of the molecule is CN(C)CC[C@H]1CN(Cc2cccn2-c2ncccn2)CCO1. The van der Waals surface area contributed by atoms with E-state index in [1.165, 1.54) is 5.69 Å². The van der Waals surface area contributed by atoms with Gasteiger partial charge in [0.05, 0.1) is 12.7 Å². The minimum atomic E-state index is 0.322. The fourth-order valence-corrected chi connectivity index (χ4v) is 2.89. The Morgan fingerprint density at radius 2 is 2.09 bits per heavy atom. The maximum Gasteiger partial charge on any atom is 0.233 e. The summed E-state index contributed by atoms with van der Waals surface area (Å²) in [6.07, 6.45) is 6.97. The second-order valence-corrected chi connectivity index (χ2v) is 6.24. The molecule has 3 heterocycles. The standard InChI is InChI=1S/C17H25N5O/c1-20(2)10-6-16-14-21(11-12-23-16)13-15-5-3-9-22(15)17-18-7-4-8-19-17/h3-5,7-9,16H,6,10-14H2,1-2H3/t16-/m0/s1. The van der Waals surface area contributed by atoms with E-state index in [1.54, 1.807) is 12.4 Å². The molecule has 0 bridgehead atoms. The number of aromatic nitrogens is 3. The first-order valence-corrected chi connectivity index (χ1v) is 8.14. The molecule has 124 valence electrons. The Hall–Kier alpha value is -1.76. The van der Waals surface area contributed by atoms with Crippen LogP contribution in [0.25, 0.3) is 5.95 Å². The van der Waals surface area contributed by atoms with Gasteiger partial charge < -0.3 is 9.64 Å². The molecule has 1 saturated heterocycles. The monoisotopic (exact) mass is 315 g/mol. The fraction of sp³-hybridized carbons (Fsp3) is 0.529. The van der Waals surface area contributed by atoms with Crippen molar-refractivity contribution in [3.63, 3.8) is 0 Å². The van der Waals surface area contributed by atoms with E-state index in [2.05, 4.69) is 50.6 Å². The van der Waals surface area contributed by atoms with Crippen molar-refractivity contribution >= 4 is 0 Å². The van der Waals surface area contributed by atoms with Crippen LogP contribution in [0, 0.1) is 0 Å². The summed E-state index contributed by atoms with van der Waals surface area (Å²) in [5.74, 6) is 0.727. The van der Waals surface area contributed by atoms with Crippen LogP contribution in [-0.2, 0) is 11.3 Å². The highest BCUT2D eigenvalue weighted by Crippen LogP contribution is 2.15. The number of ether oxygens (including phenoxy) is 1. The number of rotatable bonds is 6. The van der Waals surface area contributed by atoms with Crippen LogP contribution in [0.5, 0.6) is 0 Å². The lowest BCUT2D eigenvalue weighted by atomic mass is 10.2. The van der Waals surface area contributed by atoms with Crippen LogP contribution in [0.3, 0.4) is 0 Å². The van der Waals surface area contributed by atoms with Gasteiger partial charge in [-0.05, 0) is 38.7 Å². The second-order valence-electron chi connectivity index (χ2n) is 6.24. The summed E-state index contributed by atoms with van der Waals surface area (Å²) in [6, 6.07) is 6.03. The molecule has 0 aromatic carbocycles. The maximum absolute atomic E-state index is 5.89. The van der Waals surface area contributed by atoms with Gasteiger partial charge in [0.25, 0.3) is 0 Å². The predicted octanol–water partition coefficient (Wildman–Crippen LogP) is 1.42. The number of hydrogen-bond acceptors (Lipinski definition) is 5. The molecule has 6 nitrogen and oxygen atoms in total. The lowest BCUT2D eigenvalue weighted by Gasteiger charge is -2.33. The van der Waals surface area contributed by atoms with Crippen molar-refractivity contribution in [3.8, 4) is 5.95 Å². The van der Waals surface area contributed by atoms with Crippen LogP contribution in [0.4, 0.5) is 0 Å². The molecule has 1 fully saturated rings. The number of hydrogen-bond donors (Lipinski definition) is 0. The van der Waals surface area contributed by atoms with E-state index >= 15 is 0 Å². The topological polar surface area (TPSA) is 46.4 Å². The zero-order valence-electron chi connectivity index (χ0n) is 13.9. The molecule has 0 spiro atoms. The molecule has 0 N–H and O–H groups in total. The molecule has 1 aliphatic heterocycles. The van der Waals surface area contributed by atoms with E-state index in [4.69, 9.17) is 4.74 Å².